The van der Waals surface area contributed by atoms with Crippen LogP contribution in [0.4, 0.5) is 5.82 Å². The summed E-state index contributed by atoms with van der Waals surface area (Å²) in [5.74, 6) is 6.58. The lowest BCUT2D eigenvalue weighted by Crippen LogP contribution is -2.29. The minimum absolute atomic E-state index is 0.242. The summed E-state index contributed by atoms with van der Waals surface area (Å²) in [6, 6.07) is 27.4. The molecule has 2 heterocycles. The van der Waals surface area contributed by atoms with Gasteiger partial charge < -0.3 is 20.8 Å². The molecule has 2 aromatic heterocycles. The fraction of sp³-hybridized carbons (Fsp3) is 0.188. The highest BCUT2D eigenvalue weighted by atomic mass is 32.2. The van der Waals surface area contributed by atoms with Crippen molar-refractivity contribution in [3.63, 3.8) is 0 Å². The third-order valence-corrected chi connectivity index (χ3v) is 7.11. The van der Waals surface area contributed by atoms with E-state index >= 15 is 0 Å². The molecule has 0 bridgehead atoms. The number of nitrogens with one attached hydrogen (secondary N) is 3. The molecule has 2 amide bonds. The number of hydrogen-bond acceptors (Lipinski definition) is 8. The highest BCUT2D eigenvalue weighted by Crippen LogP contribution is 2.25. The highest BCUT2D eigenvalue weighted by Gasteiger charge is 2.08. The van der Waals surface area contributed by atoms with E-state index in [9.17, 15) is 9.59 Å². The van der Waals surface area contributed by atoms with Crippen molar-refractivity contribution < 1.29 is 14.3 Å². The molecule has 4 aromatic rings. The summed E-state index contributed by atoms with van der Waals surface area (Å²) in [4.78, 5) is 34.7. The van der Waals surface area contributed by atoms with E-state index in [1.807, 2.05) is 48.5 Å². The molecule has 0 saturated heterocycles. The zero-order valence-electron chi connectivity index (χ0n) is 23.2. The molecule has 4 rings (SSSR count). The van der Waals surface area contributed by atoms with E-state index < -0.39 is 0 Å². The average molecular weight is 583 g/mol. The molecule has 0 radical (unpaired) electrons. The third kappa shape index (κ3) is 10.1. The Kier molecular flexibility index (Phi) is 11.9. The van der Waals surface area contributed by atoms with Gasteiger partial charge in [0.25, 0.3) is 5.91 Å². The predicted molar refractivity (Wildman–Crippen MR) is 167 cm³/mol. The van der Waals surface area contributed by atoms with Gasteiger partial charge in [-0.3, -0.25) is 9.59 Å². The SMILES string of the molecule is NNc1ccc(C(=O)NCCCNC(=O)/C=C/c2nc(CSc3ccccc3)ccc2OCCc2ccccc2)cn1. The zero-order valence-corrected chi connectivity index (χ0v) is 24.0. The lowest BCUT2D eigenvalue weighted by molar-refractivity contribution is -0.116. The minimum atomic E-state index is -0.253. The number of ether oxygens (including phenoxy) is 1. The fourth-order valence-electron chi connectivity index (χ4n) is 3.85. The van der Waals surface area contributed by atoms with Crippen LogP contribution in [-0.4, -0.2) is 41.5 Å². The second kappa shape index (κ2) is 16.6. The Morgan fingerprint density at radius 2 is 1.67 bits per heavy atom. The summed E-state index contributed by atoms with van der Waals surface area (Å²) < 4.78 is 6.07. The molecule has 9 nitrogen and oxygen atoms in total. The van der Waals surface area contributed by atoms with E-state index in [0.717, 1.165) is 17.0 Å². The molecule has 0 unspecified atom stereocenters. The first-order valence-corrected chi connectivity index (χ1v) is 14.6. The Balaban J connectivity index is 1.29. The maximum atomic E-state index is 12.5. The molecule has 0 aliphatic rings. The number of nitrogens with zero attached hydrogens (tertiary/aromatic N) is 2. The van der Waals surface area contributed by atoms with Gasteiger partial charge in [-0.25, -0.2) is 15.8 Å². The second-order valence-electron chi connectivity index (χ2n) is 9.18. The second-order valence-corrected chi connectivity index (χ2v) is 10.2. The number of carbonyl (C=O) groups excluding carboxylic acids is 2. The summed E-state index contributed by atoms with van der Waals surface area (Å²) in [6.07, 6.45) is 5.91. The summed E-state index contributed by atoms with van der Waals surface area (Å²) in [6.45, 7) is 1.30. The maximum Gasteiger partial charge on any atom is 0.252 e. The first kappa shape index (κ1) is 30.3. The Morgan fingerprint density at radius 1 is 0.905 bits per heavy atom. The summed E-state index contributed by atoms with van der Waals surface area (Å²) >= 11 is 1.70. The molecule has 10 heteroatoms. The van der Waals surface area contributed by atoms with Crippen molar-refractivity contribution in [2.75, 3.05) is 25.1 Å². The van der Waals surface area contributed by atoms with E-state index in [1.54, 1.807) is 30.0 Å². The molecule has 5 N–H and O–H groups in total. The first-order valence-electron chi connectivity index (χ1n) is 13.6. The van der Waals surface area contributed by atoms with Gasteiger partial charge in [-0.2, -0.15) is 0 Å². The van der Waals surface area contributed by atoms with Gasteiger partial charge >= 0.3 is 0 Å². The number of aromatic nitrogens is 2. The summed E-state index contributed by atoms with van der Waals surface area (Å²) in [5.41, 5.74) is 5.52. The minimum Gasteiger partial charge on any atom is -0.491 e. The molecular weight excluding hydrogens is 548 g/mol. The van der Waals surface area contributed by atoms with E-state index in [0.29, 0.717) is 54.7 Å². The fourth-order valence-corrected chi connectivity index (χ4v) is 4.68. The van der Waals surface area contributed by atoms with Crippen LogP contribution in [0.5, 0.6) is 5.75 Å². The number of pyridine rings is 2. The third-order valence-electron chi connectivity index (χ3n) is 6.07. The Bertz CT molecular complexity index is 1450. The lowest BCUT2D eigenvalue weighted by atomic mass is 10.2. The normalized spacial score (nSPS) is 10.8. The lowest BCUT2D eigenvalue weighted by Gasteiger charge is -2.11. The van der Waals surface area contributed by atoms with Gasteiger partial charge in [0.05, 0.1) is 17.9 Å². The standard InChI is InChI=1S/C32H34N6O3S/c33-38-30-16-12-25(22-36-30)32(40)35-20-7-19-34-31(39)17-14-28-29(41-21-18-24-8-3-1-4-9-24)15-13-26(37-28)23-42-27-10-5-2-6-11-27/h1-6,8-17,22H,7,18-21,23,33H2,(H,34,39)(H,35,40)(H,36,38)/b17-14+. The van der Waals surface area contributed by atoms with Crippen molar-refractivity contribution in [3.05, 3.63) is 120 Å². The van der Waals surface area contributed by atoms with Crippen molar-refractivity contribution in [1.29, 1.82) is 0 Å². The van der Waals surface area contributed by atoms with Gasteiger partial charge in [0.15, 0.2) is 0 Å². The van der Waals surface area contributed by atoms with Crippen LogP contribution in [0.25, 0.3) is 6.08 Å². The predicted octanol–water partition coefficient (Wildman–Crippen LogP) is 4.63. The van der Waals surface area contributed by atoms with Gasteiger partial charge in [0.1, 0.15) is 17.3 Å². The van der Waals surface area contributed by atoms with Crippen LogP contribution in [0.1, 0.15) is 33.7 Å². The van der Waals surface area contributed by atoms with Gasteiger partial charge in [-0.15, -0.1) is 11.8 Å². The van der Waals surface area contributed by atoms with Crippen molar-refractivity contribution in [2.24, 2.45) is 5.84 Å². The Hall–Kier alpha value is -4.67. The number of benzene rings is 2. The number of hydrogen-bond donors (Lipinski definition) is 4. The van der Waals surface area contributed by atoms with Gasteiger partial charge in [-0.1, -0.05) is 48.5 Å². The molecule has 0 aliphatic heterocycles. The van der Waals surface area contributed by atoms with E-state index in [4.69, 9.17) is 15.6 Å². The number of anilines is 1. The summed E-state index contributed by atoms with van der Waals surface area (Å²) in [5, 5.41) is 5.65. The maximum absolute atomic E-state index is 12.5. The Labute approximate surface area is 250 Å². The number of amides is 2. The molecule has 0 aliphatic carbocycles. The smallest absolute Gasteiger partial charge is 0.252 e. The number of carbonyl (C=O) groups is 2. The van der Waals surface area contributed by atoms with Crippen LogP contribution in [0.3, 0.4) is 0 Å². The van der Waals surface area contributed by atoms with Crippen LogP contribution in [0, 0.1) is 0 Å². The molecule has 0 saturated carbocycles. The van der Waals surface area contributed by atoms with Crippen molar-refractivity contribution in [3.8, 4) is 5.75 Å². The van der Waals surface area contributed by atoms with Crippen LogP contribution in [-0.2, 0) is 17.0 Å². The summed E-state index contributed by atoms with van der Waals surface area (Å²) in [7, 11) is 0. The molecule has 2 aromatic carbocycles. The number of nitrogens with two attached hydrogens (primary N) is 1. The van der Waals surface area contributed by atoms with E-state index in [2.05, 4.69) is 45.3 Å². The Morgan fingerprint density at radius 3 is 2.40 bits per heavy atom. The van der Waals surface area contributed by atoms with Crippen LogP contribution in [0.2, 0.25) is 0 Å². The van der Waals surface area contributed by atoms with Crippen LogP contribution in [0.15, 0.2) is 102 Å². The molecule has 0 spiro atoms. The van der Waals surface area contributed by atoms with Crippen LogP contribution >= 0.6 is 11.8 Å². The topological polar surface area (TPSA) is 131 Å². The molecule has 0 atom stereocenters. The van der Waals surface area contributed by atoms with Crippen molar-refractivity contribution >= 4 is 35.5 Å². The monoisotopic (exact) mass is 582 g/mol. The quantitative estimate of drug-likeness (QED) is 0.0525. The van der Waals surface area contributed by atoms with Crippen molar-refractivity contribution in [1.82, 2.24) is 20.6 Å². The molecule has 0 fully saturated rings. The van der Waals surface area contributed by atoms with E-state index in [1.165, 1.54) is 17.8 Å². The average Bonchev–Trinajstić information content (AvgIpc) is 3.04. The molecular formula is C32H34N6O3S. The molecule has 216 valence electrons. The van der Waals surface area contributed by atoms with Crippen LogP contribution < -0.4 is 26.6 Å². The number of rotatable bonds is 15. The number of nitrogen functional groups attached to an aromatic ring is 1. The molecule has 42 heavy (non-hydrogen) atoms. The number of thioether (sulfide) groups is 1. The zero-order chi connectivity index (χ0) is 29.4. The van der Waals surface area contributed by atoms with Gasteiger partial charge in [0.2, 0.25) is 5.91 Å². The highest BCUT2D eigenvalue weighted by molar-refractivity contribution is 7.98. The number of hydrazine groups is 1. The largest absolute Gasteiger partial charge is 0.491 e. The van der Waals surface area contributed by atoms with Gasteiger partial charge in [-0.05, 0) is 54.5 Å². The van der Waals surface area contributed by atoms with E-state index in [-0.39, 0.29) is 11.8 Å². The van der Waals surface area contributed by atoms with Crippen molar-refractivity contribution in [2.45, 2.75) is 23.5 Å². The van der Waals surface area contributed by atoms with Gasteiger partial charge in [0, 0.05) is 42.4 Å². The first-order chi connectivity index (χ1) is 20.6.